The van der Waals surface area contributed by atoms with E-state index in [9.17, 15) is 0 Å². The van der Waals surface area contributed by atoms with E-state index in [1.165, 1.54) is 5.69 Å². The van der Waals surface area contributed by atoms with Crippen LogP contribution in [0.2, 0.25) is 0 Å². The second kappa shape index (κ2) is 4.11. The quantitative estimate of drug-likeness (QED) is 0.595. The highest BCUT2D eigenvalue weighted by Gasteiger charge is 2.32. The zero-order chi connectivity index (χ0) is 9.31. The summed E-state index contributed by atoms with van der Waals surface area (Å²) in [6, 6.07) is 8.39. The van der Waals surface area contributed by atoms with Crippen LogP contribution in [0.1, 0.15) is 13.8 Å². The zero-order valence-electron chi connectivity index (χ0n) is 8.57. The SMILES string of the molecule is CC[N+]1(CC)C=Nc2ccccc21.[Cl-]. The Kier molecular flexibility index (Phi) is 3.29. The summed E-state index contributed by atoms with van der Waals surface area (Å²) in [5.74, 6) is 0. The molecule has 0 radical (unpaired) electrons. The average Bonchev–Trinajstić information content (AvgIpc) is 2.58. The fourth-order valence-electron chi connectivity index (χ4n) is 1.91. The molecule has 3 heteroatoms. The first-order valence-electron chi connectivity index (χ1n) is 4.84. The van der Waals surface area contributed by atoms with Crippen LogP contribution in [0.3, 0.4) is 0 Å². The number of quaternary nitrogens is 1. The minimum absolute atomic E-state index is 0. The minimum Gasteiger partial charge on any atom is -1.00 e. The molecular formula is C11H15ClN2. The van der Waals surface area contributed by atoms with Gasteiger partial charge in [-0.3, -0.25) is 0 Å². The summed E-state index contributed by atoms with van der Waals surface area (Å²) < 4.78 is 0.899. The third-order valence-electron chi connectivity index (χ3n) is 2.91. The molecule has 0 N–H and O–H groups in total. The van der Waals surface area contributed by atoms with E-state index >= 15 is 0 Å². The molecule has 0 bridgehead atoms. The molecule has 0 fully saturated rings. The van der Waals surface area contributed by atoms with Crippen molar-refractivity contribution >= 4 is 17.7 Å². The van der Waals surface area contributed by atoms with E-state index in [2.05, 4.69) is 43.4 Å². The van der Waals surface area contributed by atoms with Crippen LogP contribution in [-0.2, 0) is 0 Å². The number of rotatable bonds is 2. The Morgan fingerprint density at radius 2 is 1.79 bits per heavy atom. The Morgan fingerprint density at radius 1 is 1.14 bits per heavy atom. The predicted molar refractivity (Wildman–Crippen MR) is 57.5 cm³/mol. The standard InChI is InChI=1S/C11H15N2.ClH/c1-3-13(4-2)9-12-10-7-5-6-8-11(10)13;/h5-9H,3-4H2,1-2H3;1H/q+1;/p-1. The first kappa shape index (κ1) is 11.2. The van der Waals surface area contributed by atoms with Crippen molar-refractivity contribution in [1.29, 1.82) is 0 Å². The van der Waals surface area contributed by atoms with Crippen molar-refractivity contribution in [2.75, 3.05) is 13.1 Å². The number of para-hydroxylation sites is 2. The molecule has 0 aliphatic carbocycles. The zero-order valence-corrected chi connectivity index (χ0v) is 9.33. The molecule has 0 atom stereocenters. The largest absolute Gasteiger partial charge is 1.00 e. The third kappa shape index (κ3) is 1.45. The highest BCUT2D eigenvalue weighted by Crippen LogP contribution is 2.36. The van der Waals surface area contributed by atoms with Crippen molar-refractivity contribution in [3.63, 3.8) is 0 Å². The molecule has 2 rings (SSSR count). The summed E-state index contributed by atoms with van der Waals surface area (Å²) in [6.07, 6.45) is 2.06. The van der Waals surface area contributed by atoms with Crippen molar-refractivity contribution in [2.24, 2.45) is 4.99 Å². The molecule has 1 aromatic rings. The summed E-state index contributed by atoms with van der Waals surface area (Å²) in [5, 5.41) is 0. The van der Waals surface area contributed by atoms with Crippen LogP contribution in [0, 0.1) is 0 Å². The van der Waals surface area contributed by atoms with Gasteiger partial charge in [0.1, 0.15) is 5.69 Å². The lowest BCUT2D eigenvalue weighted by atomic mass is 10.2. The molecular weight excluding hydrogens is 196 g/mol. The Labute approximate surface area is 91.3 Å². The molecule has 1 aliphatic heterocycles. The van der Waals surface area contributed by atoms with Gasteiger partial charge >= 0.3 is 0 Å². The van der Waals surface area contributed by atoms with Crippen molar-refractivity contribution in [2.45, 2.75) is 13.8 Å². The summed E-state index contributed by atoms with van der Waals surface area (Å²) in [7, 11) is 0. The number of hydrogen-bond acceptors (Lipinski definition) is 1. The molecule has 14 heavy (non-hydrogen) atoms. The summed E-state index contributed by atoms with van der Waals surface area (Å²) in [4.78, 5) is 4.44. The molecule has 0 amide bonds. The molecule has 0 saturated heterocycles. The summed E-state index contributed by atoms with van der Waals surface area (Å²) in [5.41, 5.74) is 2.47. The van der Waals surface area contributed by atoms with Crippen LogP contribution in [0.25, 0.3) is 0 Å². The highest BCUT2D eigenvalue weighted by atomic mass is 35.5. The molecule has 1 aromatic carbocycles. The number of aliphatic imine (C=N–C) groups is 1. The van der Waals surface area contributed by atoms with E-state index in [4.69, 9.17) is 0 Å². The van der Waals surface area contributed by atoms with E-state index in [1.54, 1.807) is 0 Å². The van der Waals surface area contributed by atoms with E-state index in [-0.39, 0.29) is 12.4 Å². The molecule has 1 aliphatic rings. The molecule has 0 saturated carbocycles. The maximum absolute atomic E-state index is 4.44. The summed E-state index contributed by atoms with van der Waals surface area (Å²) in [6.45, 7) is 6.57. The lowest BCUT2D eigenvalue weighted by molar-refractivity contribution is -0.00000271. The van der Waals surface area contributed by atoms with Gasteiger partial charge in [-0.2, -0.15) is 4.99 Å². The van der Waals surface area contributed by atoms with Gasteiger partial charge in [0.25, 0.3) is 0 Å². The monoisotopic (exact) mass is 210 g/mol. The average molecular weight is 211 g/mol. The molecule has 2 nitrogen and oxygen atoms in total. The Bertz CT molecular complexity index is 343. The fourth-order valence-corrected chi connectivity index (χ4v) is 1.91. The second-order valence-corrected chi connectivity index (χ2v) is 3.40. The van der Waals surface area contributed by atoms with Gasteiger partial charge in [-0.05, 0) is 19.9 Å². The number of halogens is 1. The van der Waals surface area contributed by atoms with E-state index in [1.807, 2.05) is 6.07 Å². The number of benzene rings is 1. The van der Waals surface area contributed by atoms with Gasteiger partial charge in [0.05, 0.1) is 13.1 Å². The van der Waals surface area contributed by atoms with Crippen LogP contribution < -0.4 is 16.9 Å². The van der Waals surface area contributed by atoms with Crippen LogP contribution >= 0.6 is 0 Å². The van der Waals surface area contributed by atoms with Crippen LogP contribution in [0.4, 0.5) is 11.4 Å². The first-order valence-corrected chi connectivity index (χ1v) is 4.84. The minimum atomic E-state index is 0. The first-order chi connectivity index (χ1) is 6.32. The van der Waals surface area contributed by atoms with Crippen molar-refractivity contribution in [3.8, 4) is 0 Å². The lowest BCUT2D eigenvalue weighted by Gasteiger charge is -2.27. The van der Waals surface area contributed by atoms with Crippen molar-refractivity contribution in [1.82, 2.24) is 4.48 Å². The number of fused-ring (bicyclic) bond motifs is 1. The van der Waals surface area contributed by atoms with Crippen molar-refractivity contribution < 1.29 is 12.4 Å². The van der Waals surface area contributed by atoms with Crippen LogP contribution in [-0.4, -0.2) is 19.4 Å². The van der Waals surface area contributed by atoms with Gasteiger partial charge in [0.15, 0.2) is 12.0 Å². The smallest absolute Gasteiger partial charge is 0.195 e. The van der Waals surface area contributed by atoms with Crippen LogP contribution in [0.15, 0.2) is 29.3 Å². The van der Waals surface area contributed by atoms with Gasteiger partial charge in [0.2, 0.25) is 0 Å². The third-order valence-corrected chi connectivity index (χ3v) is 2.91. The normalized spacial score (nSPS) is 16.1. The lowest BCUT2D eigenvalue weighted by Crippen LogP contribution is -3.00. The highest BCUT2D eigenvalue weighted by molar-refractivity contribution is 5.88. The second-order valence-electron chi connectivity index (χ2n) is 3.40. The van der Waals surface area contributed by atoms with Crippen LogP contribution in [0.5, 0.6) is 0 Å². The van der Waals surface area contributed by atoms with Gasteiger partial charge in [-0.1, -0.05) is 12.1 Å². The number of hydrogen-bond donors (Lipinski definition) is 0. The molecule has 1 heterocycles. The topological polar surface area (TPSA) is 12.4 Å². The van der Waals surface area contributed by atoms with Gasteiger partial charge in [-0.15, -0.1) is 0 Å². The van der Waals surface area contributed by atoms with Gasteiger partial charge in [0, 0.05) is 6.07 Å². The molecule has 0 unspecified atom stereocenters. The van der Waals surface area contributed by atoms with E-state index in [0.29, 0.717) is 0 Å². The predicted octanol–water partition coefficient (Wildman–Crippen LogP) is -0.289. The Balaban J connectivity index is 0.000000980. The maximum atomic E-state index is 4.44. The molecule has 76 valence electrons. The maximum Gasteiger partial charge on any atom is 0.195 e. The Morgan fingerprint density at radius 3 is 2.43 bits per heavy atom. The van der Waals surface area contributed by atoms with Crippen molar-refractivity contribution in [3.05, 3.63) is 24.3 Å². The van der Waals surface area contributed by atoms with Gasteiger partial charge in [-0.25, -0.2) is 4.48 Å². The number of nitrogens with zero attached hydrogens (tertiary/aromatic N) is 2. The fraction of sp³-hybridized carbons (Fsp3) is 0.364. The summed E-state index contributed by atoms with van der Waals surface area (Å²) >= 11 is 0. The molecule has 0 aromatic heterocycles. The van der Waals surface area contributed by atoms with E-state index < -0.39 is 0 Å². The Hall–Kier alpha value is -0.860. The molecule has 0 spiro atoms. The van der Waals surface area contributed by atoms with Gasteiger partial charge < -0.3 is 12.4 Å². The van der Waals surface area contributed by atoms with E-state index in [0.717, 1.165) is 23.3 Å².